The van der Waals surface area contributed by atoms with E-state index in [1.165, 1.54) is 11.3 Å². The summed E-state index contributed by atoms with van der Waals surface area (Å²) in [5.74, 6) is 0.992. The first kappa shape index (κ1) is 11.0. The van der Waals surface area contributed by atoms with Gasteiger partial charge in [0, 0.05) is 25.8 Å². The highest BCUT2D eigenvalue weighted by atomic mass is 15.3. The van der Waals surface area contributed by atoms with Crippen molar-refractivity contribution in [1.82, 2.24) is 5.32 Å². The van der Waals surface area contributed by atoms with E-state index in [4.69, 9.17) is 0 Å². The predicted molar refractivity (Wildman–Crippen MR) is 69.1 cm³/mol. The molecule has 1 aromatic carbocycles. The number of anilines is 1. The lowest BCUT2D eigenvalue weighted by atomic mass is 10.2. The fraction of sp³-hybridized carbons (Fsp3) is 0.462. The first-order valence-corrected chi connectivity index (χ1v) is 5.93. The zero-order valence-electron chi connectivity index (χ0n) is 10.0. The van der Waals surface area contributed by atoms with Gasteiger partial charge in [0.25, 0.3) is 0 Å². The largest absolute Gasteiger partial charge is 0.356 e. The third-order valence-corrected chi connectivity index (χ3v) is 2.89. The zero-order valence-corrected chi connectivity index (χ0v) is 10.0. The minimum Gasteiger partial charge on any atom is -0.356 e. The van der Waals surface area contributed by atoms with Gasteiger partial charge in [-0.1, -0.05) is 25.1 Å². The van der Waals surface area contributed by atoms with Crippen molar-refractivity contribution in [2.45, 2.75) is 19.8 Å². The molecule has 0 amide bonds. The predicted octanol–water partition coefficient (Wildman–Crippen LogP) is 2.03. The molecule has 0 saturated heterocycles. The van der Waals surface area contributed by atoms with Gasteiger partial charge >= 0.3 is 0 Å². The maximum absolute atomic E-state index is 4.34. The van der Waals surface area contributed by atoms with Crippen LogP contribution < -0.4 is 10.2 Å². The van der Waals surface area contributed by atoms with Gasteiger partial charge < -0.3 is 10.2 Å². The number of hydrogen-bond donors (Lipinski definition) is 1. The molecule has 0 unspecified atom stereocenters. The molecule has 0 fully saturated rings. The summed E-state index contributed by atoms with van der Waals surface area (Å²) in [7, 11) is 1.85. The van der Waals surface area contributed by atoms with Crippen LogP contribution in [0.4, 0.5) is 5.69 Å². The van der Waals surface area contributed by atoms with Crippen molar-refractivity contribution in [1.29, 1.82) is 0 Å². The van der Waals surface area contributed by atoms with E-state index in [0.29, 0.717) is 0 Å². The topological polar surface area (TPSA) is 27.6 Å². The molecule has 2 rings (SSSR count). The number of hydrogen-bond acceptors (Lipinski definition) is 1. The lowest BCUT2D eigenvalue weighted by molar-refractivity contribution is 0.816. The minimum atomic E-state index is 0.978. The molecular formula is C13H19N3. The van der Waals surface area contributed by atoms with Crippen molar-refractivity contribution < 1.29 is 0 Å². The molecule has 3 nitrogen and oxygen atoms in total. The van der Waals surface area contributed by atoms with Gasteiger partial charge in [0.15, 0.2) is 5.96 Å². The second-order valence-electron chi connectivity index (χ2n) is 4.00. The number of rotatable bonds is 2. The van der Waals surface area contributed by atoms with E-state index < -0.39 is 0 Å². The molecule has 0 aromatic heterocycles. The van der Waals surface area contributed by atoms with Crippen molar-refractivity contribution in [3.63, 3.8) is 0 Å². The summed E-state index contributed by atoms with van der Waals surface area (Å²) < 4.78 is 0. The number of fused-ring (bicyclic) bond motifs is 1. The van der Waals surface area contributed by atoms with Crippen LogP contribution in [0, 0.1) is 0 Å². The number of guanidine groups is 1. The van der Waals surface area contributed by atoms with Crippen LogP contribution in [0.5, 0.6) is 0 Å². The van der Waals surface area contributed by atoms with E-state index >= 15 is 0 Å². The van der Waals surface area contributed by atoms with Gasteiger partial charge in [-0.3, -0.25) is 4.99 Å². The van der Waals surface area contributed by atoms with Gasteiger partial charge in [0.05, 0.1) is 0 Å². The van der Waals surface area contributed by atoms with Gasteiger partial charge in [-0.05, 0) is 24.5 Å². The molecule has 16 heavy (non-hydrogen) atoms. The van der Waals surface area contributed by atoms with Crippen LogP contribution >= 0.6 is 0 Å². The molecule has 1 aliphatic rings. The average Bonchev–Trinajstić information content (AvgIpc) is 2.75. The first-order valence-electron chi connectivity index (χ1n) is 5.93. The Morgan fingerprint density at radius 2 is 2.25 bits per heavy atom. The SMILES string of the molecule is CCCNC(=NC)N1CCc2ccccc21. The van der Waals surface area contributed by atoms with E-state index in [0.717, 1.165) is 31.9 Å². The lowest BCUT2D eigenvalue weighted by Gasteiger charge is -2.22. The van der Waals surface area contributed by atoms with Crippen molar-refractivity contribution >= 4 is 11.6 Å². The summed E-state index contributed by atoms with van der Waals surface area (Å²) in [4.78, 5) is 6.61. The van der Waals surface area contributed by atoms with Crippen LogP contribution in [-0.4, -0.2) is 26.1 Å². The van der Waals surface area contributed by atoms with Crippen LogP contribution in [0.1, 0.15) is 18.9 Å². The smallest absolute Gasteiger partial charge is 0.198 e. The molecule has 1 aliphatic heterocycles. The fourth-order valence-corrected chi connectivity index (χ4v) is 2.09. The summed E-state index contributed by atoms with van der Waals surface area (Å²) in [6.07, 6.45) is 2.23. The zero-order chi connectivity index (χ0) is 11.4. The number of benzene rings is 1. The van der Waals surface area contributed by atoms with Crippen molar-refractivity contribution in [3.05, 3.63) is 29.8 Å². The Morgan fingerprint density at radius 3 is 3.00 bits per heavy atom. The van der Waals surface area contributed by atoms with Crippen molar-refractivity contribution in [3.8, 4) is 0 Å². The molecule has 1 heterocycles. The van der Waals surface area contributed by atoms with Crippen LogP contribution in [0.25, 0.3) is 0 Å². The molecule has 86 valence electrons. The number of aliphatic imine (C=N–C) groups is 1. The van der Waals surface area contributed by atoms with E-state index in [2.05, 4.69) is 46.4 Å². The minimum absolute atomic E-state index is 0.978. The monoisotopic (exact) mass is 217 g/mol. The standard InChI is InChI=1S/C13H19N3/c1-3-9-15-13(14-2)16-10-8-11-6-4-5-7-12(11)16/h4-7H,3,8-10H2,1-2H3,(H,14,15). The van der Waals surface area contributed by atoms with Gasteiger partial charge in [-0.25, -0.2) is 0 Å². The van der Waals surface area contributed by atoms with Crippen LogP contribution in [0.3, 0.4) is 0 Å². The Bertz CT molecular complexity index is 385. The third kappa shape index (κ3) is 2.03. The second-order valence-corrected chi connectivity index (χ2v) is 4.00. The third-order valence-electron chi connectivity index (χ3n) is 2.89. The number of nitrogens with zero attached hydrogens (tertiary/aromatic N) is 2. The van der Waals surface area contributed by atoms with E-state index in [1.54, 1.807) is 0 Å². The Kier molecular flexibility index (Phi) is 3.44. The highest BCUT2D eigenvalue weighted by Crippen LogP contribution is 2.27. The summed E-state index contributed by atoms with van der Waals surface area (Å²) in [5, 5.41) is 3.38. The summed E-state index contributed by atoms with van der Waals surface area (Å²) in [5.41, 5.74) is 2.72. The summed E-state index contributed by atoms with van der Waals surface area (Å²) in [6, 6.07) is 8.55. The summed E-state index contributed by atoms with van der Waals surface area (Å²) in [6.45, 7) is 4.17. The Balaban J connectivity index is 2.17. The molecule has 0 bridgehead atoms. The maximum Gasteiger partial charge on any atom is 0.198 e. The maximum atomic E-state index is 4.34. The van der Waals surface area contributed by atoms with E-state index in [9.17, 15) is 0 Å². The quantitative estimate of drug-likeness (QED) is 0.606. The molecule has 3 heteroatoms. The molecule has 0 aliphatic carbocycles. The molecular weight excluding hydrogens is 198 g/mol. The van der Waals surface area contributed by atoms with Crippen LogP contribution in [0.15, 0.2) is 29.3 Å². The number of para-hydroxylation sites is 1. The van der Waals surface area contributed by atoms with Gasteiger partial charge in [0.1, 0.15) is 0 Å². The highest BCUT2D eigenvalue weighted by Gasteiger charge is 2.21. The molecule has 0 spiro atoms. The van der Waals surface area contributed by atoms with Gasteiger partial charge in [-0.2, -0.15) is 0 Å². The van der Waals surface area contributed by atoms with E-state index in [-0.39, 0.29) is 0 Å². The molecule has 0 atom stereocenters. The molecule has 1 N–H and O–H groups in total. The second kappa shape index (κ2) is 5.01. The van der Waals surface area contributed by atoms with Crippen LogP contribution in [-0.2, 0) is 6.42 Å². The number of nitrogens with one attached hydrogen (secondary N) is 1. The van der Waals surface area contributed by atoms with Gasteiger partial charge in [-0.15, -0.1) is 0 Å². The van der Waals surface area contributed by atoms with E-state index in [1.807, 2.05) is 7.05 Å². The lowest BCUT2D eigenvalue weighted by Crippen LogP contribution is -2.40. The van der Waals surface area contributed by atoms with Crippen molar-refractivity contribution in [2.75, 3.05) is 25.0 Å². The average molecular weight is 217 g/mol. The fourth-order valence-electron chi connectivity index (χ4n) is 2.09. The van der Waals surface area contributed by atoms with Crippen LogP contribution in [0.2, 0.25) is 0 Å². The Hall–Kier alpha value is -1.51. The highest BCUT2D eigenvalue weighted by molar-refractivity contribution is 5.97. The Labute approximate surface area is 97.2 Å². The normalized spacial score (nSPS) is 15.1. The molecule has 1 aromatic rings. The van der Waals surface area contributed by atoms with Gasteiger partial charge in [0.2, 0.25) is 0 Å². The molecule has 0 radical (unpaired) electrons. The summed E-state index contributed by atoms with van der Waals surface area (Å²) >= 11 is 0. The van der Waals surface area contributed by atoms with Crippen molar-refractivity contribution in [2.24, 2.45) is 4.99 Å². The Morgan fingerprint density at radius 1 is 1.44 bits per heavy atom. The first-order chi connectivity index (χ1) is 7.86. The molecule has 0 saturated carbocycles.